The van der Waals surface area contributed by atoms with Gasteiger partial charge in [-0.1, -0.05) is 54.6 Å². The minimum absolute atomic E-state index is 0. The van der Waals surface area contributed by atoms with Crippen LogP contribution in [-0.2, 0) is 24.4 Å². The topological polar surface area (TPSA) is 48.9 Å². The van der Waals surface area contributed by atoms with Crippen molar-refractivity contribution in [2.24, 2.45) is 4.99 Å². The van der Waals surface area contributed by atoms with Crippen molar-refractivity contribution in [3.05, 3.63) is 71.3 Å². The lowest BCUT2D eigenvalue weighted by Crippen LogP contribution is -2.48. The average Bonchev–Trinajstić information content (AvgIpc) is 2.75. The number of methoxy groups -OCH3 is 1. The van der Waals surface area contributed by atoms with E-state index in [1.807, 2.05) is 6.07 Å². The summed E-state index contributed by atoms with van der Waals surface area (Å²) in [6.45, 7) is 7.51. The molecule has 0 atom stereocenters. The fourth-order valence-electron chi connectivity index (χ4n) is 3.76. The Labute approximate surface area is 198 Å². The van der Waals surface area contributed by atoms with Crippen molar-refractivity contribution < 1.29 is 4.74 Å². The molecule has 0 unspecified atom stereocenters. The number of rotatable bonds is 8. The van der Waals surface area contributed by atoms with E-state index in [-0.39, 0.29) is 24.0 Å². The fraction of sp³-hybridized carbons (Fsp3) is 0.458. The van der Waals surface area contributed by atoms with Crippen LogP contribution in [0, 0.1) is 0 Å². The average molecular weight is 522 g/mol. The quantitative estimate of drug-likeness (QED) is 0.311. The van der Waals surface area contributed by atoms with E-state index in [1.165, 1.54) is 16.7 Å². The highest BCUT2D eigenvalue weighted by atomic mass is 127. The molecule has 0 radical (unpaired) electrons. The van der Waals surface area contributed by atoms with Crippen LogP contribution in [0.2, 0.25) is 0 Å². The normalized spacial score (nSPS) is 15.5. The van der Waals surface area contributed by atoms with Crippen LogP contribution < -0.4 is 10.6 Å². The van der Waals surface area contributed by atoms with Gasteiger partial charge in [-0.3, -0.25) is 4.90 Å². The predicted octanol–water partition coefficient (Wildman–Crippen LogP) is 4.17. The number of ether oxygens (including phenoxy) is 1. The van der Waals surface area contributed by atoms with Crippen molar-refractivity contribution in [2.45, 2.75) is 45.5 Å². The SMILES string of the molecule is CCNC(=NCc1ccccc1COC)NC1CCN(Cc2ccccc2)CC1.I. The monoisotopic (exact) mass is 522 g/mol. The molecule has 2 N–H and O–H groups in total. The first-order chi connectivity index (χ1) is 14.3. The zero-order chi connectivity index (χ0) is 20.3. The highest BCUT2D eigenvalue weighted by molar-refractivity contribution is 14.0. The minimum atomic E-state index is 0. The van der Waals surface area contributed by atoms with Gasteiger partial charge in [-0.15, -0.1) is 24.0 Å². The number of piperidine rings is 1. The van der Waals surface area contributed by atoms with E-state index >= 15 is 0 Å². The Bertz CT molecular complexity index is 761. The van der Waals surface area contributed by atoms with Crippen LogP contribution in [-0.4, -0.2) is 43.6 Å². The summed E-state index contributed by atoms with van der Waals surface area (Å²) in [5.41, 5.74) is 3.80. The molecule has 2 aromatic carbocycles. The van der Waals surface area contributed by atoms with Crippen LogP contribution >= 0.6 is 24.0 Å². The molecule has 0 aliphatic carbocycles. The second-order valence-electron chi connectivity index (χ2n) is 7.58. The van der Waals surface area contributed by atoms with Crippen LogP contribution in [0.1, 0.15) is 36.5 Å². The molecule has 1 aliphatic heterocycles. The van der Waals surface area contributed by atoms with E-state index in [9.17, 15) is 0 Å². The lowest BCUT2D eigenvalue weighted by molar-refractivity contribution is 0.184. The van der Waals surface area contributed by atoms with Gasteiger partial charge in [0.25, 0.3) is 0 Å². The van der Waals surface area contributed by atoms with E-state index in [0.29, 0.717) is 19.2 Å². The number of hydrogen-bond acceptors (Lipinski definition) is 3. The van der Waals surface area contributed by atoms with Crippen LogP contribution in [0.4, 0.5) is 0 Å². The maximum absolute atomic E-state index is 5.31. The summed E-state index contributed by atoms with van der Waals surface area (Å²) >= 11 is 0. The molecular formula is C24H35IN4O. The van der Waals surface area contributed by atoms with E-state index in [0.717, 1.165) is 45.0 Å². The predicted molar refractivity (Wildman–Crippen MR) is 135 cm³/mol. The Morgan fingerprint density at radius 2 is 1.70 bits per heavy atom. The largest absolute Gasteiger partial charge is 0.380 e. The van der Waals surface area contributed by atoms with Gasteiger partial charge in [0.2, 0.25) is 0 Å². The molecule has 1 aliphatic rings. The second kappa shape index (κ2) is 13.6. The summed E-state index contributed by atoms with van der Waals surface area (Å²) in [4.78, 5) is 7.37. The van der Waals surface area contributed by atoms with Crippen LogP contribution in [0.15, 0.2) is 59.6 Å². The number of halogens is 1. The smallest absolute Gasteiger partial charge is 0.191 e. The molecule has 3 rings (SSSR count). The molecule has 0 bridgehead atoms. The number of benzene rings is 2. The number of likely N-dealkylation sites (tertiary alicyclic amines) is 1. The first-order valence-electron chi connectivity index (χ1n) is 10.6. The Hall–Kier alpha value is -1.64. The molecule has 164 valence electrons. The van der Waals surface area contributed by atoms with Crippen molar-refractivity contribution in [2.75, 3.05) is 26.7 Å². The molecule has 5 nitrogen and oxygen atoms in total. The maximum Gasteiger partial charge on any atom is 0.191 e. The number of aliphatic imine (C=N–C) groups is 1. The number of guanidine groups is 1. The first-order valence-corrected chi connectivity index (χ1v) is 10.6. The zero-order valence-corrected chi connectivity index (χ0v) is 20.5. The highest BCUT2D eigenvalue weighted by Crippen LogP contribution is 2.14. The minimum Gasteiger partial charge on any atom is -0.380 e. The van der Waals surface area contributed by atoms with Crippen molar-refractivity contribution in [1.82, 2.24) is 15.5 Å². The molecule has 1 heterocycles. The Morgan fingerprint density at radius 3 is 2.37 bits per heavy atom. The number of hydrogen-bond donors (Lipinski definition) is 2. The molecule has 1 saturated heterocycles. The lowest BCUT2D eigenvalue weighted by atomic mass is 10.0. The van der Waals surface area contributed by atoms with Gasteiger partial charge in [0.1, 0.15) is 0 Å². The van der Waals surface area contributed by atoms with Crippen LogP contribution in [0.5, 0.6) is 0 Å². The second-order valence-corrected chi connectivity index (χ2v) is 7.58. The van der Waals surface area contributed by atoms with E-state index < -0.39 is 0 Å². The number of nitrogens with zero attached hydrogens (tertiary/aromatic N) is 2. The van der Waals surface area contributed by atoms with Crippen LogP contribution in [0.3, 0.4) is 0 Å². The van der Waals surface area contributed by atoms with Crippen molar-refractivity contribution >= 4 is 29.9 Å². The summed E-state index contributed by atoms with van der Waals surface area (Å²) in [6.07, 6.45) is 2.27. The van der Waals surface area contributed by atoms with Gasteiger partial charge < -0.3 is 15.4 Å². The maximum atomic E-state index is 5.31. The first kappa shape index (κ1) is 24.6. The standard InChI is InChI=1S/C24H34N4O.HI/c1-3-25-24(26-17-21-11-7-8-12-22(21)19-29-2)27-23-13-15-28(16-14-23)18-20-9-5-4-6-10-20;/h4-12,23H,3,13-19H2,1-2H3,(H2,25,26,27);1H. The molecule has 6 heteroatoms. The van der Waals surface area contributed by atoms with Crippen molar-refractivity contribution in [1.29, 1.82) is 0 Å². The zero-order valence-electron chi connectivity index (χ0n) is 18.1. The van der Waals surface area contributed by atoms with Gasteiger partial charge in [-0.05, 0) is 36.5 Å². The van der Waals surface area contributed by atoms with E-state index in [4.69, 9.17) is 9.73 Å². The van der Waals surface area contributed by atoms with E-state index in [1.54, 1.807) is 7.11 Å². The molecule has 30 heavy (non-hydrogen) atoms. The van der Waals surface area contributed by atoms with Gasteiger partial charge in [-0.25, -0.2) is 4.99 Å². The van der Waals surface area contributed by atoms with E-state index in [2.05, 4.69) is 71.0 Å². The van der Waals surface area contributed by atoms with Gasteiger partial charge in [0.15, 0.2) is 5.96 Å². The van der Waals surface area contributed by atoms with Gasteiger partial charge in [-0.2, -0.15) is 0 Å². The fourth-order valence-corrected chi connectivity index (χ4v) is 3.76. The third kappa shape index (κ3) is 7.89. The Kier molecular flexibility index (Phi) is 11.2. The molecular weight excluding hydrogens is 487 g/mol. The third-order valence-electron chi connectivity index (χ3n) is 5.35. The Morgan fingerprint density at radius 1 is 1.03 bits per heavy atom. The van der Waals surface area contributed by atoms with Gasteiger partial charge >= 0.3 is 0 Å². The summed E-state index contributed by atoms with van der Waals surface area (Å²) < 4.78 is 5.31. The summed E-state index contributed by atoms with van der Waals surface area (Å²) in [7, 11) is 1.73. The molecule has 0 saturated carbocycles. The Balaban J connectivity index is 0.00000320. The summed E-state index contributed by atoms with van der Waals surface area (Å²) in [6, 6.07) is 19.6. The summed E-state index contributed by atoms with van der Waals surface area (Å²) in [5.74, 6) is 0.904. The lowest BCUT2D eigenvalue weighted by Gasteiger charge is -2.33. The molecule has 0 aromatic heterocycles. The summed E-state index contributed by atoms with van der Waals surface area (Å²) in [5, 5.41) is 7.04. The third-order valence-corrected chi connectivity index (χ3v) is 5.35. The molecule has 0 amide bonds. The van der Waals surface area contributed by atoms with Crippen LogP contribution in [0.25, 0.3) is 0 Å². The number of nitrogens with one attached hydrogen (secondary N) is 2. The van der Waals surface area contributed by atoms with Crippen molar-refractivity contribution in [3.8, 4) is 0 Å². The van der Waals surface area contributed by atoms with Crippen molar-refractivity contribution in [3.63, 3.8) is 0 Å². The molecule has 1 fully saturated rings. The highest BCUT2D eigenvalue weighted by Gasteiger charge is 2.20. The van der Waals surface area contributed by atoms with Gasteiger partial charge in [0.05, 0.1) is 13.2 Å². The molecule has 2 aromatic rings. The molecule has 0 spiro atoms. The van der Waals surface area contributed by atoms with Gasteiger partial charge in [0, 0.05) is 39.3 Å².